The molecule has 0 bridgehead atoms. The number of rotatable bonds is 2. The third-order valence-corrected chi connectivity index (χ3v) is 4.95. The van der Waals surface area contributed by atoms with Gasteiger partial charge >= 0.3 is 0 Å². The fourth-order valence-electron chi connectivity index (χ4n) is 3.98. The largest absolute Gasteiger partial charge is 0.325 e. The van der Waals surface area contributed by atoms with Gasteiger partial charge in [-0.2, -0.15) is 0 Å². The van der Waals surface area contributed by atoms with Crippen LogP contribution in [-0.2, 0) is 6.42 Å². The molecule has 0 heterocycles. The number of halogens is 1. The van der Waals surface area contributed by atoms with Gasteiger partial charge in [-0.25, -0.2) is 4.39 Å². The molecule has 2 N–H and O–H groups in total. The van der Waals surface area contributed by atoms with Crippen molar-refractivity contribution in [3.8, 4) is 0 Å². The van der Waals surface area contributed by atoms with Gasteiger partial charge in [-0.3, -0.25) is 0 Å². The molecule has 2 heteroatoms. The Morgan fingerprint density at radius 1 is 1.30 bits per heavy atom. The van der Waals surface area contributed by atoms with Crippen molar-refractivity contribution in [1.29, 1.82) is 0 Å². The molecule has 2 rings (SSSR count). The molecule has 1 nitrogen and oxygen atoms in total. The van der Waals surface area contributed by atoms with E-state index in [-0.39, 0.29) is 16.8 Å². The van der Waals surface area contributed by atoms with E-state index in [1.807, 2.05) is 13.0 Å². The van der Waals surface area contributed by atoms with Crippen LogP contribution in [0.15, 0.2) is 18.2 Å². The molecular formula is C18H28FN. The van der Waals surface area contributed by atoms with E-state index in [0.29, 0.717) is 5.92 Å². The van der Waals surface area contributed by atoms with Crippen molar-refractivity contribution < 1.29 is 4.39 Å². The van der Waals surface area contributed by atoms with Crippen LogP contribution in [0, 0.1) is 24.1 Å². The lowest BCUT2D eigenvalue weighted by molar-refractivity contribution is 0.0792. The zero-order valence-corrected chi connectivity index (χ0v) is 13.3. The number of hydrogen-bond acceptors (Lipinski definition) is 1. The van der Waals surface area contributed by atoms with Crippen molar-refractivity contribution in [2.24, 2.45) is 17.1 Å². The standard InChI is InChI=1S/C18H28FN/c1-13-11-15(19)9-8-14(13)12-18(20)10-6-5-7-16(18)17(2,3)4/h8-9,11,16H,5-7,10,12,20H2,1-4H3. The summed E-state index contributed by atoms with van der Waals surface area (Å²) in [6.07, 6.45) is 5.64. The first-order chi connectivity index (χ1) is 9.22. The summed E-state index contributed by atoms with van der Waals surface area (Å²) in [5.41, 5.74) is 9.13. The van der Waals surface area contributed by atoms with Crippen molar-refractivity contribution in [2.75, 3.05) is 0 Å². The molecule has 0 saturated heterocycles. The summed E-state index contributed by atoms with van der Waals surface area (Å²) >= 11 is 0. The summed E-state index contributed by atoms with van der Waals surface area (Å²) in [5.74, 6) is 0.363. The Kier molecular flexibility index (Phi) is 4.24. The van der Waals surface area contributed by atoms with Crippen LogP contribution in [0.5, 0.6) is 0 Å². The lowest BCUT2D eigenvalue weighted by atomic mass is 9.60. The number of nitrogens with two attached hydrogens (primary N) is 1. The molecule has 1 saturated carbocycles. The van der Waals surface area contributed by atoms with Crippen LogP contribution in [0.25, 0.3) is 0 Å². The molecule has 0 radical (unpaired) electrons. The number of hydrogen-bond donors (Lipinski definition) is 1. The summed E-state index contributed by atoms with van der Waals surface area (Å²) in [6, 6.07) is 5.09. The smallest absolute Gasteiger partial charge is 0.123 e. The highest BCUT2D eigenvalue weighted by Crippen LogP contribution is 2.44. The predicted molar refractivity (Wildman–Crippen MR) is 83.2 cm³/mol. The Labute approximate surface area is 122 Å². The first-order valence-corrected chi connectivity index (χ1v) is 7.76. The van der Waals surface area contributed by atoms with Gasteiger partial charge in [0.15, 0.2) is 0 Å². The second-order valence-corrected chi connectivity index (χ2v) is 7.65. The average Bonchev–Trinajstić information content (AvgIpc) is 2.32. The second kappa shape index (κ2) is 5.48. The molecule has 20 heavy (non-hydrogen) atoms. The van der Waals surface area contributed by atoms with E-state index < -0.39 is 0 Å². The molecule has 0 spiro atoms. The van der Waals surface area contributed by atoms with Crippen molar-refractivity contribution >= 4 is 0 Å². The average molecular weight is 277 g/mol. The first kappa shape index (κ1) is 15.5. The van der Waals surface area contributed by atoms with Gasteiger partial charge in [0.25, 0.3) is 0 Å². The second-order valence-electron chi connectivity index (χ2n) is 7.65. The van der Waals surface area contributed by atoms with Crippen molar-refractivity contribution in [1.82, 2.24) is 0 Å². The van der Waals surface area contributed by atoms with E-state index in [1.165, 1.54) is 24.8 Å². The summed E-state index contributed by atoms with van der Waals surface area (Å²) in [6.45, 7) is 8.86. The summed E-state index contributed by atoms with van der Waals surface area (Å²) < 4.78 is 13.3. The van der Waals surface area contributed by atoms with Crippen molar-refractivity contribution in [3.63, 3.8) is 0 Å². The molecule has 0 aliphatic heterocycles. The van der Waals surface area contributed by atoms with Crippen LogP contribution < -0.4 is 5.73 Å². The topological polar surface area (TPSA) is 26.0 Å². The summed E-state index contributed by atoms with van der Waals surface area (Å²) in [4.78, 5) is 0. The maximum atomic E-state index is 13.3. The Balaban J connectivity index is 2.28. The Hall–Kier alpha value is -0.890. The third-order valence-electron chi connectivity index (χ3n) is 4.95. The van der Waals surface area contributed by atoms with E-state index >= 15 is 0 Å². The highest BCUT2D eigenvalue weighted by atomic mass is 19.1. The molecule has 0 amide bonds. The lowest BCUT2D eigenvalue weighted by Crippen LogP contribution is -2.55. The molecule has 1 aromatic rings. The summed E-state index contributed by atoms with van der Waals surface area (Å²) in [7, 11) is 0. The molecular weight excluding hydrogens is 249 g/mol. The van der Waals surface area contributed by atoms with Crippen molar-refractivity contribution in [2.45, 2.75) is 65.3 Å². The fourth-order valence-corrected chi connectivity index (χ4v) is 3.98. The molecule has 1 aliphatic rings. The highest BCUT2D eigenvalue weighted by molar-refractivity contribution is 5.29. The van der Waals surface area contributed by atoms with E-state index in [1.54, 1.807) is 12.1 Å². The zero-order chi connectivity index (χ0) is 15.0. The minimum atomic E-state index is -0.159. The van der Waals surface area contributed by atoms with Crippen LogP contribution in [0.3, 0.4) is 0 Å². The van der Waals surface area contributed by atoms with Gasteiger partial charge in [0, 0.05) is 5.54 Å². The molecule has 2 atom stereocenters. The summed E-state index contributed by atoms with van der Waals surface area (Å²) in [5, 5.41) is 0. The Bertz CT molecular complexity index is 475. The highest BCUT2D eigenvalue weighted by Gasteiger charge is 2.43. The predicted octanol–water partition coefficient (Wildman–Crippen LogP) is 4.61. The van der Waals surface area contributed by atoms with E-state index in [4.69, 9.17) is 5.73 Å². The van der Waals surface area contributed by atoms with Gasteiger partial charge in [-0.05, 0) is 60.8 Å². The van der Waals surface area contributed by atoms with Crippen molar-refractivity contribution in [3.05, 3.63) is 35.1 Å². The Morgan fingerprint density at radius 3 is 2.60 bits per heavy atom. The normalized spacial score (nSPS) is 27.6. The SMILES string of the molecule is Cc1cc(F)ccc1CC1(N)CCCCC1C(C)(C)C. The first-order valence-electron chi connectivity index (χ1n) is 7.76. The zero-order valence-electron chi connectivity index (χ0n) is 13.3. The fraction of sp³-hybridized carbons (Fsp3) is 0.667. The molecule has 2 unspecified atom stereocenters. The quantitative estimate of drug-likeness (QED) is 0.839. The lowest BCUT2D eigenvalue weighted by Gasteiger charge is -2.48. The van der Waals surface area contributed by atoms with Gasteiger partial charge in [-0.1, -0.05) is 39.7 Å². The minimum absolute atomic E-state index is 0.154. The minimum Gasteiger partial charge on any atom is -0.325 e. The van der Waals surface area contributed by atoms with Crippen LogP contribution in [0.1, 0.15) is 57.6 Å². The van der Waals surface area contributed by atoms with Crippen LogP contribution in [0.4, 0.5) is 4.39 Å². The van der Waals surface area contributed by atoms with Crippen LogP contribution in [0.2, 0.25) is 0 Å². The molecule has 1 fully saturated rings. The molecule has 1 aromatic carbocycles. The number of benzene rings is 1. The van der Waals surface area contributed by atoms with E-state index in [9.17, 15) is 4.39 Å². The third kappa shape index (κ3) is 3.22. The maximum Gasteiger partial charge on any atom is 0.123 e. The molecule has 1 aliphatic carbocycles. The maximum absolute atomic E-state index is 13.3. The number of aryl methyl sites for hydroxylation is 1. The molecule has 0 aromatic heterocycles. The molecule has 112 valence electrons. The van der Waals surface area contributed by atoms with Gasteiger partial charge < -0.3 is 5.73 Å². The van der Waals surface area contributed by atoms with E-state index in [0.717, 1.165) is 18.4 Å². The van der Waals surface area contributed by atoms with Crippen LogP contribution >= 0.6 is 0 Å². The van der Waals surface area contributed by atoms with Gasteiger partial charge in [0.1, 0.15) is 5.82 Å². The monoisotopic (exact) mass is 277 g/mol. The van der Waals surface area contributed by atoms with Crippen LogP contribution in [-0.4, -0.2) is 5.54 Å². The van der Waals surface area contributed by atoms with Gasteiger partial charge in [0.2, 0.25) is 0 Å². The van der Waals surface area contributed by atoms with Gasteiger partial charge in [-0.15, -0.1) is 0 Å². The van der Waals surface area contributed by atoms with E-state index in [2.05, 4.69) is 20.8 Å². The Morgan fingerprint density at radius 2 is 2.00 bits per heavy atom. The van der Waals surface area contributed by atoms with Gasteiger partial charge in [0.05, 0.1) is 0 Å².